The van der Waals surface area contributed by atoms with Gasteiger partial charge >= 0.3 is 6.09 Å². The number of nitrogens with two attached hydrogens (primary N) is 1. The summed E-state index contributed by atoms with van der Waals surface area (Å²) in [4.78, 5) is 13.9. The van der Waals surface area contributed by atoms with Crippen LogP contribution in [0.15, 0.2) is 24.3 Å². The second-order valence-electron chi connectivity index (χ2n) is 6.91. The molecule has 5 heteroatoms. The molecule has 1 aromatic carbocycles. The molecule has 1 aliphatic heterocycles. The van der Waals surface area contributed by atoms with Gasteiger partial charge in [-0.15, -0.1) is 0 Å². The molecule has 1 saturated heterocycles. The third-order valence-corrected chi connectivity index (χ3v) is 3.87. The molecule has 2 unspecified atom stereocenters. The van der Waals surface area contributed by atoms with Crippen molar-refractivity contribution in [1.29, 1.82) is 0 Å². The van der Waals surface area contributed by atoms with Crippen LogP contribution < -0.4 is 5.73 Å². The fraction of sp³-hybridized carbons (Fsp3) is 0.588. The van der Waals surface area contributed by atoms with Gasteiger partial charge in [0.25, 0.3) is 0 Å². The lowest BCUT2D eigenvalue weighted by atomic mass is 9.87. The molecule has 2 rings (SSSR count). The van der Waals surface area contributed by atoms with Gasteiger partial charge in [-0.05, 0) is 57.2 Å². The Morgan fingerprint density at radius 3 is 2.59 bits per heavy atom. The normalized spacial score (nSPS) is 20.6. The van der Waals surface area contributed by atoms with Crippen LogP contribution in [0.1, 0.15) is 45.2 Å². The maximum Gasteiger partial charge on any atom is 0.410 e. The van der Waals surface area contributed by atoms with Crippen molar-refractivity contribution in [1.82, 2.24) is 4.90 Å². The topological polar surface area (TPSA) is 55.6 Å². The van der Waals surface area contributed by atoms with Crippen LogP contribution in [0.5, 0.6) is 0 Å². The largest absolute Gasteiger partial charge is 0.444 e. The van der Waals surface area contributed by atoms with E-state index in [4.69, 9.17) is 10.5 Å². The third kappa shape index (κ3) is 4.44. The quantitative estimate of drug-likeness (QED) is 0.910. The van der Waals surface area contributed by atoms with E-state index in [1.54, 1.807) is 17.0 Å². The number of benzene rings is 1. The smallest absolute Gasteiger partial charge is 0.410 e. The molecule has 1 aromatic rings. The van der Waals surface area contributed by atoms with Crippen LogP contribution in [0, 0.1) is 11.7 Å². The molecule has 1 heterocycles. The molecule has 1 amide bonds. The molecule has 0 radical (unpaired) electrons. The van der Waals surface area contributed by atoms with Gasteiger partial charge in [0.15, 0.2) is 0 Å². The molecule has 2 atom stereocenters. The van der Waals surface area contributed by atoms with Gasteiger partial charge in [0.1, 0.15) is 11.4 Å². The van der Waals surface area contributed by atoms with Crippen LogP contribution >= 0.6 is 0 Å². The number of hydrogen-bond donors (Lipinski definition) is 1. The number of likely N-dealkylation sites (tertiary alicyclic amines) is 1. The molecule has 0 spiro atoms. The lowest BCUT2D eigenvalue weighted by Crippen LogP contribution is -2.45. The number of nitrogens with zero attached hydrogens (tertiary/aromatic N) is 1. The first-order valence-corrected chi connectivity index (χ1v) is 7.75. The van der Waals surface area contributed by atoms with Gasteiger partial charge in [-0.3, -0.25) is 0 Å². The molecule has 0 aromatic heterocycles. The lowest BCUT2D eigenvalue weighted by molar-refractivity contribution is 0.0152. The van der Waals surface area contributed by atoms with Crippen molar-refractivity contribution in [3.63, 3.8) is 0 Å². The number of halogens is 1. The number of hydrogen-bond acceptors (Lipinski definition) is 3. The molecule has 1 fully saturated rings. The van der Waals surface area contributed by atoms with Crippen LogP contribution in [0.25, 0.3) is 0 Å². The lowest BCUT2D eigenvalue weighted by Gasteiger charge is -2.36. The number of carbonyl (C=O) groups excluding carboxylic acids is 1. The molecule has 0 saturated carbocycles. The number of rotatable bonds is 2. The van der Waals surface area contributed by atoms with Crippen LogP contribution in [-0.2, 0) is 4.74 Å². The summed E-state index contributed by atoms with van der Waals surface area (Å²) in [6.45, 7) is 6.85. The van der Waals surface area contributed by atoms with E-state index in [9.17, 15) is 9.18 Å². The molecule has 0 bridgehead atoms. The van der Waals surface area contributed by atoms with E-state index in [-0.39, 0.29) is 23.9 Å². The van der Waals surface area contributed by atoms with Crippen LogP contribution in [0.3, 0.4) is 0 Å². The maximum atomic E-state index is 13.0. The van der Waals surface area contributed by atoms with Gasteiger partial charge in [0, 0.05) is 19.1 Å². The highest BCUT2D eigenvalue weighted by Gasteiger charge is 2.30. The predicted octanol–water partition coefficient (Wildman–Crippen LogP) is 3.47. The Bertz CT molecular complexity index is 510. The summed E-state index contributed by atoms with van der Waals surface area (Å²) < 4.78 is 18.4. The SMILES string of the molecule is CC(C)(C)OC(=O)N1CCCC(C(N)c2ccc(F)cc2)C1. The molecule has 122 valence electrons. The standard InChI is InChI=1S/C17H25FN2O2/c1-17(2,3)22-16(21)20-10-4-5-13(11-20)15(19)12-6-8-14(18)9-7-12/h6-9,13,15H,4-5,10-11,19H2,1-3H3. The van der Waals surface area contributed by atoms with E-state index in [2.05, 4.69) is 0 Å². The van der Waals surface area contributed by atoms with E-state index in [1.165, 1.54) is 12.1 Å². The van der Waals surface area contributed by atoms with Gasteiger partial charge in [0.2, 0.25) is 0 Å². The zero-order valence-electron chi connectivity index (χ0n) is 13.5. The van der Waals surface area contributed by atoms with Crippen molar-refractivity contribution >= 4 is 6.09 Å². The zero-order valence-corrected chi connectivity index (χ0v) is 13.5. The Morgan fingerprint density at radius 1 is 1.36 bits per heavy atom. The van der Waals surface area contributed by atoms with Gasteiger partial charge in [0.05, 0.1) is 0 Å². The summed E-state index contributed by atoms with van der Waals surface area (Å²) in [5.74, 6) is -0.110. The Kier molecular flexibility index (Phi) is 5.06. The minimum Gasteiger partial charge on any atom is -0.444 e. The summed E-state index contributed by atoms with van der Waals surface area (Å²) in [6.07, 6.45) is 1.57. The summed E-state index contributed by atoms with van der Waals surface area (Å²) >= 11 is 0. The van der Waals surface area contributed by atoms with Gasteiger partial charge in [-0.25, -0.2) is 9.18 Å². The second kappa shape index (κ2) is 6.65. The predicted molar refractivity (Wildman–Crippen MR) is 83.9 cm³/mol. The van der Waals surface area contributed by atoms with Crippen LogP contribution in [0.4, 0.5) is 9.18 Å². The minimum atomic E-state index is -0.497. The van der Waals surface area contributed by atoms with Crippen molar-refractivity contribution in [2.75, 3.05) is 13.1 Å². The summed E-state index contributed by atoms with van der Waals surface area (Å²) in [5.41, 5.74) is 6.71. The Hall–Kier alpha value is -1.62. The van der Waals surface area contributed by atoms with Crippen molar-refractivity contribution in [3.05, 3.63) is 35.6 Å². The average Bonchev–Trinajstić information content (AvgIpc) is 2.46. The van der Waals surface area contributed by atoms with Crippen LogP contribution in [0.2, 0.25) is 0 Å². The number of amides is 1. The molecule has 22 heavy (non-hydrogen) atoms. The van der Waals surface area contributed by atoms with E-state index >= 15 is 0 Å². The molecule has 1 aliphatic rings. The Morgan fingerprint density at radius 2 is 2.00 bits per heavy atom. The maximum absolute atomic E-state index is 13.0. The minimum absolute atomic E-state index is 0.159. The average molecular weight is 308 g/mol. The Balaban J connectivity index is 2.00. The van der Waals surface area contributed by atoms with E-state index in [0.29, 0.717) is 13.1 Å². The van der Waals surface area contributed by atoms with Gasteiger partial charge < -0.3 is 15.4 Å². The van der Waals surface area contributed by atoms with E-state index in [1.807, 2.05) is 20.8 Å². The molecule has 2 N–H and O–H groups in total. The molecule has 0 aliphatic carbocycles. The first-order valence-electron chi connectivity index (χ1n) is 7.75. The van der Waals surface area contributed by atoms with Crippen molar-refractivity contribution in [2.24, 2.45) is 11.7 Å². The zero-order chi connectivity index (χ0) is 16.3. The highest BCUT2D eigenvalue weighted by Crippen LogP contribution is 2.28. The highest BCUT2D eigenvalue weighted by molar-refractivity contribution is 5.68. The van der Waals surface area contributed by atoms with E-state index < -0.39 is 5.60 Å². The molecule has 4 nitrogen and oxygen atoms in total. The van der Waals surface area contributed by atoms with Crippen LogP contribution in [-0.4, -0.2) is 29.7 Å². The summed E-state index contributed by atoms with van der Waals surface area (Å²) in [6, 6.07) is 6.07. The van der Waals surface area contributed by atoms with Gasteiger partial charge in [-0.1, -0.05) is 12.1 Å². The van der Waals surface area contributed by atoms with Gasteiger partial charge in [-0.2, -0.15) is 0 Å². The summed E-state index contributed by atoms with van der Waals surface area (Å²) in [7, 11) is 0. The fourth-order valence-electron chi connectivity index (χ4n) is 2.75. The first-order chi connectivity index (χ1) is 10.3. The monoisotopic (exact) mass is 308 g/mol. The number of carbonyl (C=O) groups is 1. The van der Waals surface area contributed by atoms with Crippen molar-refractivity contribution in [3.8, 4) is 0 Å². The molecular formula is C17H25FN2O2. The summed E-state index contributed by atoms with van der Waals surface area (Å²) in [5, 5.41) is 0. The van der Waals surface area contributed by atoms with E-state index in [0.717, 1.165) is 18.4 Å². The number of piperidine rings is 1. The fourth-order valence-corrected chi connectivity index (χ4v) is 2.75. The highest BCUT2D eigenvalue weighted by atomic mass is 19.1. The van der Waals surface area contributed by atoms with Crippen molar-refractivity contribution < 1.29 is 13.9 Å². The first kappa shape index (κ1) is 16.7. The molecular weight excluding hydrogens is 283 g/mol. The second-order valence-corrected chi connectivity index (χ2v) is 6.91. The third-order valence-electron chi connectivity index (χ3n) is 3.87. The number of ether oxygens (including phenoxy) is 1. The van der Waals surface area contributed by atoms with Crippen molar-refractivity contribution in [2.45, 2.75) is 45.3 Å². The Labute approximate surface area is 131 Å².